The molecule has 1 aromatic carbocycles. The second kappa shape index (κ2) is 12.6. The van der Waals surface area contributed by atoms with Crippen LogP contribution in [-0.4, -0.2) is 71.4 Å². The maximum absolute atomic E-state index is 13.1. The Labute approximate surface area is 193 Å². The van der Waals surface area contributed by atoms with Crippen LogP contribution in [0, 0.1) is 0 Å². The lowest BCUT2D eigenvalue weighted by atomic mass is 10.0. The first kappa shape index (κ1) is 25.9. The van der Waals surface area contributed by atoms with E-state index in [1.54, 1.807) is 19.1 Å². The van der Waals surface area contributed by atoms with Crippen LogP contribution in [0.15, 0.2) is 29.3 Å². The summed E-state index contributed by atoms with van der Waals surface area (Å²) in [6.07, 6.45) is 2.36. The normalized spacial score (nSPS) is 17.2. The number of nitrogens with two attached hydrogens (primary N) is 3. The summed E-state index contributed by atoms with van der Waals surface area (Å²) in [7, 11) is 0. The van der Waals surface area contributed by atoms with Crippen LogP contribution in [0.2, 0.25) is 0 Å². The number of guanidine groups is 1. The van der Waals surface area contributed by atoms with Crippen LogP contribution < -0.4 is 27.8 Å². The Bertz CT molecular complexity index is 840. The van der Waals surface area contributed by atoms with Gasteiger partial charge < -0.3 is 37.8 Å². The van der Waals surface area contributed by atoms with Crippen LogP contribution in [0.4, 0.5) is 0 Å². The van der Waals surface area contributed by atoms with Gasteiger partial charge in [-0.1, -0.05) is 12.1 Å². The van der Waals surface area contributed by atoms with Crippen molar-refractivity contribution in [1.29, 1.82) is 0 Å². The number of amides is 3. The van der Waals surface area contributed by atoms with Crippen molar-refractivity contribution in [1.82, 2.24) is 15.5 Å². The van der Waals surface area contributed by atoms with Crippen LogP contribution in [-0.2, 0) is 20.8 Å². The Kier molecular flexibility index (Phi) is 9.92. The van der Waals surface area contributed by atoms with Gasteiger partial charge >= 0.3 is 0 Å². The van der Waals surface area contributed by atoms with Gasteiger partial charge in [-0.3, -0.25) is 19.4 Å². The van der Waals surface area contributed by atoms with Crippen LogP contribution in [0.3, 0.4) is 0 Å². The molecule has 1 aliphatic heterocycles. The van der Waals surface area contributed by atoms with Crippen molar-refractivity contribution in [3.8, 4) is 5.75 Å². The Morgan fingerprint density at radius 1 is 1.24 bits per heavy atom. The highest BCUT2D eigenvalue weighted by Gasteiger charge is 2.37. The molecule has 0 aliphatic carbocycles. The number of phenols is 1. The van der Waals surface area contributed by atoms with Gasteiger partial charge in [0.05, 0.1) is 6.04 Å². The van der Waals surface area contributed by atoms with E-state index in [-0.39, 0.29) is 35.9 Å². The summed E-state index contributed by atoms with van der Waals surface area (Å²) in [6.45, 7) is 3.02. The monoisotopic (exact) mass is 461 g/mol. The fourth-order valence-corrected chi connectivity index (χ4v) is 3.80. The molecule has 33 heavy (non-hydrogen) atoms. The van der Waals surface area contributed by atoms with Crippen molar-refractivity contribution in [3.63, 3.8) is 0 Å². The molecule has 11 heteroatoms. The van der Waals surface area contributed by atoms with E-state index in [9.17, 15) is 19.5 Å². The average molecular weight is 462 g/mol. The lowest BCUT2D eigenvalue weighted by Gasteiger charge is -2.28. The van der Waals surface area contributed by atoms with Crippen molar-refractivity contribution < 1.29 is 19.5 Å². The van der Waals surface area contributed by atoms with Crippen LogP contribution in [0.25, 0.3) is 0 Å². The zero-order valence-electron chi connectivity index (χ0n) is 19.0. The third-order valence-corrected chi connectivity index (χ3v) is 5.48. The summed E-state index contributed by atoms with van der Waals surface area (Å²) in [5.41, 5.74) is 17.4. The summed E-state index contributed by atoms with van der Waals surface area (Å²) in [6, 6.07) is 4.19. The van der Waals surface area contributed by atoms with Crippen LogP contribution in [0.5, 0.6) is 5.75 Å². The number of likely N-dealkylation sites (tertiary alicyclic amines) is 1. The van der Waals surface area contributed by atoms with E-state index in [1.165, 1.54) is 17.0 Å². The summed E-state index contributed by atoms with van der Waals surface area (Å²) in [5, 5.41) is 15.0. The van der Waals surface area contributed by atoms with Crippen molar-refractivity contribution in [2.45, 2.75) is 57.2 Å². The van der Waals surface area contributed by atoms with Gasteiger partial charge in [0.25, 0.3) is 0 Å². The number of likely N-dealkylation sites (N-methyl/N-ethyl adjacent to an activating group) is 1. The molecule has 182 valence electrons. The fraction of sp³-hybridized carbons (Fsp3) is 0.545. The van der Waals surface area contributed by atoms with Crippen molar-refractivity contribution in [2.24, 2.45) is 22.2 Å². The van der Waals surface area contributed by atoms with E-state index in [0.717, 1.165) is 5.56 Å². The quantitative estimate of drug-likeness (QED) is 0.137. The molecule has 3 unspecified atom stereocenters. The van der Waals surface area contributed by atoms with Gasteiger partial charge in [-0.15, -0.1) is 0 Å². The highest BCUT2D eigenvalue weighted by molar-refractivity contribution is 5.93. The molecule has 0 saturated carbocycles. The molecule has 0 radical (unpaired) electrons. The van der Waals surface area contributed by atoms with Gasteiger partial charge in [0.2, 0.25) is 17.7 Å². The molecule has 1 aromatic rings. The van der Waals surface area contributed by atoms with Crippen molar-refractivity contribution in [2.75, 3.05) is 19.6 Å². The number of phenolic OH excluding ortho intramolecular Hbond substituents is 1. The summed E-state index contributed by atoms with van der Waals surface area (Å²) >= 11 is 0. The summed E-state index contributed by atoms with van der Waals surface area (Å²) < 4.78 is 0. The maximum Gasteiger partial charge on any atom is 0.243 e. The average Bonchev–Trinajstić information content (AvgIpc) is 3.27. The number of carbonyl (C=O) groups is 3. The number of aliphatic imine (C=N–C) groups is 1. The minimum atomic E-state index is -0.812. The zero-order valence-corrected chi connectivity index (χ0v) is 19.0. The van der Waals surface area contributed by atoms with E-state index >= 15 is 0 Å². The third-order valence-electron chi connectivity index (χ3n) is 5.48. The van der Waals surface area contributed by atoms with Gasteiger partial charge in [-0.05, 0) is 50.3 Å². The maximum atomic E-state index is 13.1. The van der Waals surface area contributed by atoms with Gasteiger partial charge in [0.1, 0.15) is 17.8 Å². The number of carbonyl (C=O) groups excluding carboxylic acids is 3. The second-order valence-electron chi connectivity index (χ2n) is 8.07. The van der Waals surface area contributed by atoms with Gasteiger partial charge in [0.15, 0.2) is 5.96 Å². The van der Waals surface area contributed by atoms with Crippen LogP contribution >= 0.6 is 0 Å². The number of nitrogens with one attached hydrogen (secondary N) is 2. The molecule has 3 amide bonds. The molecule has 1 aliphatic rings. The van der Waals surface area contributed by atoms with Gasteiger partial charge in [0, 0.05) is 26.1 Å². The minimum Gasteiger partial charge on any atom is -0.508 e. The molecule has 0 aromatic heterocycles. The number of hydrogen-bond donors (Lipinski definition) is 6. The van der Waals surface area contributed by atoms with Crippen molar-refractivity contribution >= 4 is 23.7 Å². The highest BCUT2D eigenvalue weighted by Crippen LogP contribution is 2.20. The third kappa shape index (κ3) is 7.94. The second-order valence-corrected chi connectivity index (χ2v) is 8.07. The number of aromatic hydroxyl groups is 1. The van der Waals surface area contributed by atoms with Crippen LogP contribution in [0.1, 0.15) is 38.2 Å². The molecule has 2 rings (SSSR count). The predicted molar refractivity (Wildman–Crippen MR) is 125 cm³/mol. The molecular weight excluding hydrogens is 426 g/mol. The highest BCUT2D eigenvalue weighted by atomic mass is 16.3. The van der Waals surface area contributed by atoms with E-state index < -0.39 is 18.1 Å². The Hall–Kier alpha value is -3.34. The summed E-state index contributed by atoms with van der Waals surface area (Å²) in [5.74, 6) is -0.896. The minimum absolute atomic E-state index is 0.0138. The van der Waals surface area contributed by atoms with Crippen molar-refractivity contribution in [3.05, 3.63) is 29.8 Å². The number of hydrogen-bond acceptors (Lipinski definition) is 6. The molecule has 11 nitrogen and oxygen atoms in total. The topological polar surface area (TPSA) is 189 Å². The Morgan fingerprint density at radius 3 is 2.58 bits per heavy atom. The standard InChI is InChI=1S/C22H35N7O4/c1-2-26-19(31)17(13-14-7-9-15(30)10-8-14)28-20(32)18-6-4-12-29(18)21(33)16(23)5-3-11-27-22(24)25/h7-10,16-18,30H,2-6,11-13,23H2,1H3,(H,26,31)(H,28,32)(H4,24,25,27). The first-order valence-electron chi connectivity index (χ1n) is 11.2. The van der Waals surface area contributed by atoms with E-state index in [2.05, 4.69) is 15.6 Å². The predicted octanol–water partition coefficient (Wildman–Crippen LogP) is -1.07. The van der Waals surface area contributed by atoms with E-state index in [0.29, 0.717) is 45.3 Å². The lowest BCUT2D eigenvalue weighted by molar-refractivity contribution is -0.140. The smallest absolute Gasteiger partial charge is 0.243 e. The number of nitrogens with zero attached hydrogens (tertiary/aromatic N) is 2. The molecule has 1 fully saturated rings. The molecular formula is C22H35N7O4. The van der Waals surface area contributed by atoms with Gasteiger partial charge in [-0.25, -0.2) is 0 Å². The zero-order chi connectivity index (χ0) is 24.4. The SMILES string of the molecule is CCNC(=O)C(Cc1ccc(O)cc1)NC(=O)C1CCCN1C(=O)C(N)CCCN=C(N)N. The number of rotatable bonds is 11. The number of benzene rings is 1. The van der Waals surface area contributed by atoms with E-state index in [4.69, 9.17) is 17.2 Å². The molecule has 1 heterocycles. The first-order chi connectivity index (χ1) is 15.7. The molecule has 0 bridgehead atoms. The van der Waals surface area contributed by atoms with Gasteiger partial charge in [-0.2, -0.15) is 0 Å². The summed E-state index contributed by atoms with van der Waals surface area (Å²) in [4.78, 5) is 43.9. The first-order valence-corrected chi connectivity index (χ1v) is 11.2. The molecule has 0 spiro atoms. The fourth-order valence-electron chi connectivity index (χ4n) is 3.80. The molecule has 1 saturated heterocycles. The molecule has 3 atom stereocenters. The Balaban J connectivity index is 2.02. The van der Waals surface area contributed by atoms with E-state index in [1.807, 2.05) is 0 Å². The molecule has 9 N–H and O–H groups in total. The lowest BCUT2D eigenvalue weighted by Crippen LogP contribution is -2.55. The largest absolute Gasteiger partial charge is 0.508 e. The Morgan fingerprint density at radius 2 is 1.94 bits per heavy atom.